The van der Waals surface area contributed by atoms with Crippen LogP contribution in [0.1, 0.15) is 18.9 Å². The van der Waals surface area contributed by atoms with Gasteiger partial charge in [0, 0.05) is 6.54 Å². The lowest BCUT2D eigenvalue weighted by atomic mass is 10.2. The van der Waals surface area contributed by atoms with Crippen molar-refractivity contribution in [3.05, 3.63) is 40.9 Å². The third-order valence-electron chi connectivity index (χ3n) is 2.32. The Hall–Kier alpha value is -0.990. The van der Waals surface area contributed by atoms with Crippen molar-refractivity contribution in [1.82, 2.24) is 5.32 Å². The molecular weight excluding hydrogens is 234 g/mol. The Bertz CT molecular complexity index is 376. The highest BCUT2D eigenvalue weighted by atomic mass is 35.5. The van der Waals surface area contributed by atoms with Crippen molar-refractivity contribution in [1.29, 1.82) is 0 Å². The van der Waals surface area contributed by atoms with Gasteiger partial charge in [0.1, 0.15) is 12.4 Å². The molecule has 0 spiro atoms. The lowest BCUT2D eigenvalue weighted by Gasteiger charge is -2.11. The highest BCUT2D eigenvalue weighted by Gasteiger charge is 2.02. The maximum Gasteiger partial charge on any atom is 0.138 e. The number of rotatable bonds is 7. The first kappa shape index (κ1) is 14.1. The van der Waals surface area contributed by atoms with E-state index in [0.717, 1.165) is 36.4 Å². The molecule has 0 bridgehead atoms. The van der Waals surface area contributed by atoms with Crippen LogP contribution in [0, 0.1) is 6.92 Å². The second-order valence-corrected chi connectivity index (χ2v) is 4.56. The van der Waals surface area contributed by atoms with E-state index in [4.69, 9.17) is 16.3 Å². The monoisotopic (exact) mass is 253 g/mol. The van der Waals surface area contributed by atoms with Gasteiger partial charge in [0.05, 0.1) is 5.02 Å². The van der Waals surface area contributed by atoms with Crippen LogP contribution in [0.2, 0.25) is 5.02 Å². The Labute approximate surface area is 109 Å². The fourth-order valence-electron chi connectivity index (χ4n) is 1.39. The first-order chi connectivity index (χ1) is 8.13. The summed E-state index contributed by atoms with van der Waals surface area (Å²) in [7, 11) is 0. The molecule has 0 aliphatic rings. The van der Waals surface area contributed by atoms with Crippen molar-refractivity contribution in [2.24, 2.45) is 0 Å². The zero-order chi connectivity index (χ0) is 12.7. The minimum absolute atomic E-state index is 0.500. The lowest BCUT2D eigenvalue weighted by molar-refractivity contribution is 0.348. The van der Waals surface area contributed by atoms with E-state index in [0.29, 0.717) is 11.6 Å². The molecule has 0 amide bonds. The van der Waals surface area contributed by atoms with Crippen molar-refractivity contribution < 1.29 is 4.74 Å². The van der Waals surface area contributed by atoms with E-state index in [-0.39, 0.29) is 0 Å². The Morgan fingerprint density at radius 3 is 2.94 bits per heavy atom. The average molecular weight is 254 g/mol. The second-order valence-electron chi connectivity index (χ2n) is 4.15. The molecule has 0 atom stereocenters. The van der Waals surface area contributed by atoms with E-state index in [9.17, 15) is 0 Å². The van der Waals surface area contributed by atoms with Crippen LogP contribution >= 0.6 is 11.6 Å². The molecule has 0 aromatic heterocycles. The highest BCUT2D eigenvalue weighted by Crippen LogP contribution is 2.25. The molecule has 0 heterocycles. The molecule has 0 saturated heterocycles. The SMILES string of the molecule is C=C(CNCCC)COc1cc(C)ccc1Cl. The normalized spacial score (nSPS) is 10.3. The number of halogens is 1. The molecule has 94 valence electrons. The van der Waals surface area contributed by atoms with Crippen LogP contribution in [-0.2, 0) is 0 Å². The zero-order valence-electron chi connectivity index (χ0n) is 10.6. The standard InChI is InChI=1S/C14H20ClNO/c1-4-7-16-9-12(3)10-17-14-8-11(2)5-6-13(14)15/h5-6,8,16H,3-4,7,9-10H2,1-2H3. The Morgan fingerprint density at radius 2 is 2.24 bits per heavy atom. The summed E-state index contributed by atoms with van der Waals surface area (Å²) in [5, 5.41) is 3.93. The first-order valence-corrected chi connectivity index (χ1v) is 6.27. The van der Waals surface area contributed by atoms with Gasteiger partial charge in [-0.25, -0.2) is 0 Å². The molecule has 0 unspecified atom stereocenters. The predicted molar refractivity (Wildman–Crippen MR) is 74.0 cm³/mol. The number of hydrogen-bond acceptors (Lipinski definition) is 2. The van der Waals surface area contributed by atoms with Crippen LogP contribution in [0.5, 0.6) is 5.75 Å². The van der Waals surface area contributed by atoms with Gasteiger partial charge < -0.3 is 10.1 Å². The van der Waals surface area contributed by atoms with Crippen LogP contribution in [0.15, 0.2) is 30.4 Å². The van der Waals surface area contributed by atoms with Crippen molar-refractivity contribution in [3.63, 3.8) is 0 Å². The average Bonchev–Trinajstić information content (AvgIpc) is 2.31. The number of hydrogen-bond donors (Lipinski definition) is 1. The summed E-state index contributed by atoms with van der Waals surface area (Å²) in [6.07, 6.45) is 1.12. The predicted octanol–water partition coefficient (Wildman–Crippen LogP) is 3.58. The van der Waals surface area contributed by atoms with Gasteiger partial charge in [-0.1, -0.05) is 31.2 Å². The minimum Gasteiger partial charge on any atom is -0.488 e. The Morgan fingerprint density at radius 1 is 1.47 bits per heavy atom. The summed E-state index contributed by atoms with van der Waals surface area (Å²) in [6.45, 7) is 10.4. The van der Waals surface area contributed by atoms with Gasteiger partial charge in [0.2, 0.25) is 0 Å². The van der Waals surface area contributed by atoms with Crippen molar-refractivity contribution in [2.45, 2.75) is 20.3 Å². The summed E-state index contributed by atoms with van der Waals surface area (Å²) >= 11 is 6.04. The molecule has 0 fully saturated rings. The summed E-state index contributed by atoms with van der Waals surface area (Å²) in [5.41, 5.74) is 2.16. The van der Waals surface area contributed by atoms with Gasteiger partial charge in [-0.3, -0.25) is 0 Å². The van der Waals surface area contributed by atoms with Crippen molar-refractivity contribution in [2.75, 3.05) is 19.7 Å². The topological polar surface area (TPSA) is 21.3 Å². The van der Waals surface area contributed by atoms with E-state index in [1.807, 2.05) is 25.1 Å². The molecule has 1 aromatic carbocycles. The molecule has 0 radical (unpaired) electrons. The van der Waals surface area contributed by atoms with Gasteiger partial charge in [-0.15, -0.1) is 0 Å². The summed E-state index contributed by atoms with van der Waals surface area (Å²) in [4.78, 5) is 0. The number of nitrogens with one attached hydrogen (secondary N) is 1. The first-order valence-electron chi connectivity index (χ1n) is 5.89. The molecule has 0 aliphatic carbocycles. The molecule has 3 heteroatoms. The van der Waals surface area contributed by atoms with E-state index < -0.39 is 0 Å². The molecule has 0 aliphatic heterocycles. The second kappa shape index (κ2) is 7.36. The van der Waals surface area contributed by atoms with Crippen molar-refractivity contribution >= 4 is 11.6 Å². The van der Waals surface area contributed by atoms with Gasteiger partial charge in [-0.2, -0.15) is 0 Å². The van der Waals surface area contributed by atoms with Gasteiger partial charge in [0.15, 0.2) is 0 Å². The lowest BCUT2D eigenvalue weighted by Crippen LogP contribution is -2.20. The Balaban J connectivity index is 2.39. The minimum atomic E-state index is 0.500. The van der Waals surface area contributed by atoms with E-state index >= 15 is 0 Å². The highest BCUT2D eigenvalue weighted by molar-refractivity contribution is 6.32. The molecule has 0 saturated carbocycles. The van der Waals surface area contributed by atoms with Gasteiger partial charge in [-0.05, 0) is 43.2 Å². The van der Waals surface area contributed by atoms with Crippen LogP contribution in [0.3, 0.4) is 0 Å². The summed E-state index contributed by atoms with van der Waals surface area (Å²) in [6, 6.07) is 5.76. The summed E-state index contributed by atoms with van der Waals surface area (Å²) < 4.78 is 5.64. The van der Waals surface area contributed by atoms with Gasteiger partial charge in [0.25, 0.3) is 0 Å². The fourth-order valence-corrected chi connectivity index (χ4v) is 1.57. The van der Waals surface area contributed by atoms with E-state index in [1.54, 1.807) is 0 Å². The maximum absolute atomic E-state index is 6.04. The largest absolute Gasteiger partial charge is 0.488 e. The van der Waals surface area contributed by atoms with Gasteiger partial charge >= 0.3 is 0 Å². The molecule has 1 rings (SSSR count). The molecular formula is C14H20ClNO. The van der Waals surface area contributed by atoms with Crippen LogP contribution < -0.4 is 10.1 Å². The molecule has 1 N–H and O–H groups in total. The third-order valence-corrected chi connectivity index (χ3v) is 2.63. The number of ether oxygens (including phenoxy) is 1. The molecule has 2 nitrogen and oxygen atoms in total. The fraction of sp³-hybridized carbons (Fsp3) is 0.429. The van der Waals surface area contributed by atoms with Crippen LogP contribution in [0.4, 0.5) is 0 Å². The molecule has 17 heavy (non-hydrogen) atoms. The van der Waals surface area contributed by atoms with E-state index in [2.05, 4.69) is 18.8 Å². The smallest absolute Gasteiger partial charge is 0.138 e. The quantitative estimate of drug-likeness (QED) is 0.592. The zero-order valence-corrected chi connectivity index (χ0v) is 11.3. The number of aryl methyl sites for hydroxylation is 1. The summed E-state index contributed by atoms with van der Waals surface area (Å²) in [5.74, 6) is 0.725. The van der Waals surface area contributed by atoms with Crippen LogP contribution in [-0.4, -0.2) is 19.7 Å². The Kier molecular flexibility index (Phi) is 6.09. The third kappa shape index (κ3) is 5.24. The van der Waals surface area contributed by atoms with Crippen LogP contribution in [0.25, 0.3) is 0 Å². The maximum atomic E-state index is 6.04. The van der Waals surface area contributed by atoms with Crippen molar-refractivity contribution in [3.8, 4) is 5.75 Å². The van der Waals surface area contributed by atoms with E-state index in [1.165, 1.54) is 0 Å². The number of benzene rings is 1. The molecule has 1 aromatic rings.